The Balaban J connectivity index is 1.64. The summed E-state index contributed by atoms with van der Waals surface area (Å²) in [6.45, 7) is 0.356. The maximum absolute atomic E-state index is 14.8. The van der Waals surface area contributed by atoms with Gasteiger partial charge in [0, 0.05) is 12.6 Å². The lowest BCUT2D eigenvalue weighted by Crippen LogP contribution is -2.09. The van der Waals surface area contributed by atoms with E-state index in [4.69, 9.17) is 27.9 Å². The molecule has 4 nitrogen and oxygen atoms in total. The van der Waals surface area contributed by atoms with Gasteiger partial charge in [-0.1, -0.05) is 65.7 Å². The van der Waals surface area contributed by atoms with Gasteiger partial charge < -0.3 is 9.30 Å². The van der Waals surface area contributed by atoms with Gasteiger partial charge in [0.2, 0.25) is 0 Å². The number of hydrogen-bond acceptors (Lipinski definition) is 3. The molecule has 0 amide bonds. The molecule has 0 radical (unpaired) electrons. The molecule has 0 aliphatic rings. The van der Waals surface area contributed by atoms with E-state index < -0.39 is 17.6 Å². The molecule has 0 aliphatic carbocycles. The number of nitrogens with zero attached hydrogens (tertiary/aromatic N) is 2. The third kappa shape index (κ3) is 5.26. The molecule has 5 rings (SSSR count). The van der Waals surface area contributed by atoms with Crippen LogP contribution in [0.5, 0.6) is 0 Å². The summed E-state index contributed by atoms with van der Waals surface area (Å²) in [5, 5.41) is 0.842. The Morgan fingerprint density at radius 2 is 1.49 bits per heavy atom. The van der Waals surface area contributed by atoms with Crippen molar-refractivity contribution in [1.29, 1.82) is 0 Å². The summed E-state index contributed by atoms with van der Waals surface area (Å²) in [4.78, 5) is 17.6. The number of carbonyl (C=O) groups excluding carboxylic acids is 1. The van der Waals surface area contributed by atoms with E-state index in [2.05, 4.69) is 4.98 Å². The molecule has 5 aromatic rings. The molecule has 184 valence electrons. The summed E-state index contributed by atoms with van der Waals surface area (Å²) in [7, 11) is 0. The number of ether oxygens (including phenoxy) is 1. The van der Waals surface area contributed by atoms with E-state index in [1.807, 2.05) is 34.9 Å². The van der Waals surface area contributed by atoms with Gasteiger partial charge in [-0.3, -0.25) is 0 Å². The minimum absolute atomic E-state index is 0.0281. The van der Waals surface area contributed by atoms with E-state index in [1.165, 1.54) is 42.5 Å². The zero-order chi connectivity index (χ0) is 25.9. The summed E-state index contributed by atoms with van der Waals surface area (Å²) >= 11 is 12.3. The van der Waals surface area contributed by atoms with E-state index in [9.17, 15) is 13.6 Å². The topological polar surface area (TPSA) is 44.1 Å². The molecule has 4 aromatic carbocycles. The van der Waals surface area contributed by atoms with Crippen molar-refractivity contribution >= 4 is 52.0 Å². The maximum atomic E-state index is 14.8. The van der Waals surface area contributed by atoms with Crippen molar-refractivity contribution in [2.45, 2.75) is 6.54 Å². The first-order valence-corrected chi connectivity index (χ1v) is 12.0. The number of imidazole rings is 1. The van der Waals surface area contributed by atoms with Crippen molar-refractivity contribution in [3.05, 3.63) is 135 Å². The summed E-state index contributed by atoms with van der Waals surface area (Å²) in [5.74, 6) is -2.03. The first-order valence-electron chi connectivity index (χ1n) is 11.2. The van der Waals surface area contributed by atoms with Crippen LogP contribution in [0.15, 0.2) is 91.0 Å². The van der Waals surface area contributed by atoms with Crippen molar-refractivity contribution < 1.29 is 18.3 Å². The van der Waals surface area contributed by atoms with Crippen LogP contribution >= 0.6 is 23.2 Å². The highest BCUT2D eigenvalue weighted by molar-refractivity contribution is 6.42. The van der Waals surface area contributed by atoms with Crippen molar-refractivity contribution in [3.8, 4) is 0 Å². The number of hydrogen-bond donors (Lipinski definition) is 0. The Morgan fingerprint density at radius 3 is 2.19 bits per heavy atom. The quantitative estimate of drug-likeness (QED) is 0.163. The predicted octanol–water partition coefficient (Wildman–Crippen LogP) is 8.02. The highest BCUT2D eigenvalue weighted by Gasteiger charge is 2.20. The molecule has 0 aliphatic heterocycles. The summed E-state index contributed by atoms with van der Waals surface area (Å²) in [5.41, 5.74) is 2.09. The van der Waals surface area contributed by atoms with Gasteiger partial charge in [0.05, 0.1) is 32.2 Å². The summed E-state index contributed by atoms with van der Waals surface area (Å²) in [6.07, 6.45) is 1.47. The van der Waals surface area contributed by atoms with Crippen molar-refractivity contribution in [2.24, 2.45) is 0 Å². The average molecular weight is 535 g/mol. The van der Waals surface area contributed by atoms with Crippen LogP contribution in [0.25, 0.3) is 22.9 Å². The molecule has 0 saturated carbocycles. The number of halogens is 4. The molecule has 0 spiro atoms. The normalized spacial score (nSPS) is 11.6. The number of para-hydroxylation sites is 2. The van der Waals surface area contributed by atoms with Crippen LogP contribution in [0, 0.1) is 11.6 Å². The molecule has 8 heteroatoms. The maximum Gasteiger partial charge on any atom is 0.346 e. The number of fused-ring (bicyclic) bond motifs is 1. The lowest BCUT2D eigenvalue weighted by Gasteiger charge is -2.12. The average Bonchev–Trinajstić information content (AvgIpc) is 3.23. The number of carbonyl (C=O) groups is 1. The molecule has 0 bridgehead atoms. The Kier molecular flexibility index (Phi) is 7.04. The first kappa shape index (κ1) is 24.7. The third-order valence-corrected chi connectivity index (χ3v) is 6.44. The molecule has 0 fully saturated rings. The fraction of sp³-hybridized carbons (Fsp3) is 0.0345. The van der Waals surface area contributed by atoms with E-state index in [-0.39, 0.29) is 16.9 Å². The fourth-order valence-corrected chi connectivity index (χ4v) is 4.23. The molecule has 0 atom stereocenters. The monoisotopic (exact) mass is 534 g/mol. The van der Waals surface area contributed by atoms with E-state index in [1.54, 1.807) is 18.2 Å². The fourth-order valence-electron chi connectivity index (χ4n) is 3.91. The molecule has 0 unspecified atom stereocenters. The molecular weight excluding hydrogens is 517 g/mol. The highest BCUT2D eigenvalue weighted by Crippen LogP contribution is 2.28. The molecule has 0 saturated heterocycles. The minimum Gasteiger partial charge on any atom is -0.422 e. The van der Waals surface area contributed by atoms with Crippen LogP contribution in [0.4, 0.5) is 8.78 Å². The Morgan fingerprint density at radius 1 is 0.838 bits per heavy atom. The molecule has 1 aromatic heterocycles. The first-order chi connectivity index (χ1) is 17.9. The van der Waals surface area contributed by atoms with Crippen molar-refractivity contribution in [3.63, 3.8) is 0 Å². The van der Waals surface area contributed by atoms with Crippen LogP contribution in [0.1, 0.15) is 27.3 Å². The smallest absolute Gasteiger partial charge is 0.346 e. The second-order valence-electron chi connectivity index (χ2n) is 8.15. The van der Waals surface area contributed by atoms with Gasteiger partial charge in [-0.2, -0.15) is 0 Å². The number of benzene rings is 4. The van der Waals surface area contributed by atoms with Gasteiger partial charge in [0.1, 0.15) is 23.2 Å². The second kappa shape index (κ2) is 10.5. The van der Waals surface area contributed by atoms with Crippen LogP contribution in [0.2, 0.25) is 10.0 Å². The van der Waals surface area contributed by atoms with Gasteiger partial charge in [-0.15, -0.1) is 0 Å². The zero-order valence-corrected chi connectivity index (χ0v) is 20.7. The third-order valence-electron chi connectivity index (χ3n) is 5.70. The van der Waals surface area contributed by atoms with Gasteiger partial charge in [0.25, 0.3) is 0 Å². The second-order valence-corrected chi connectivity index (χ2v) is 8.97. The molecule has 0 N–H and O–H groups in total. The summed E-state index contributed by atoms with van der Waals surface area (Å²) in [6, 6.07) is 24.0. The minimum atomic E-state index is -0.959. The number of aromatic nitrogens is 2. The summed E-state index contributed by atoms with van der Waals surface area (Å²) < 4.78 is 36.6. The van der Waals surface area contributed by atoms with Crippen LogP contribution in [0.3, 0.4) is 0 Å². The van der Waals surface area contributed by atoms with Gasteiger partial charge in [0.15, 0.2) is 0 Å². The zero-order valence-electron chi connectivity index (χ0n) is 19.2. The standard InChI is InChI=1S/C29H18Cl2F2N2O2/c30-21-14-13-18(15-22(21)31)17-35-26-12-6-5-11-25(26)34-28(35)16-27(19-7-1-3-9-23(19)32)37-29(36)20-8-2-4-10-24(20)33/h1-16H,17H2/b27-16+. The predicted molar refractivity (Wildman–Crippen MR) is 141 cm³/mol. The van der Waals surface area contributed by atoms with E-state index in [0.717, 1.165) is 17.1 Å². The van der Waals surface area contributed by atoms with Gasteiger partial charge >= 0.3 is 5.97 Å². The van der Waals surface area contributed by atoms with E-state index >= 15 is 0 Å². The lowest BCUT2D eigenvalue weighted by molar-refractivity contribution is 0.0688. The molecular formula is C29H18Cl2F2N2O2. The largest absolute Gasteiger partial charge is 0.422 e. The van der Waals surface area contributed by atoms with Crippen molar-refractivity contribution in [1.82, 2.24) is 9.55 Å². The number of esters is 1. The van der Waals surface area contributed by atoms with E-state index in [0.29, 0.717) is 27.9 Å². The van der Waals surface area contributed by atoms with Gasteiger partial charge in [-0.25, -0.2) is 18.6 Å². The Bertz CT molecular complexity index is 1660. The number of rotatable bonds is 6. The SMILES string of the molecule is O=C(O/C(=C/c1nc2ccccc2n1Cc1ccc(Cl)c(Cl)c1)c1ccccc1F)c1ccccc1F. The van der Waals surface area contributed by atoms with Crippen LogP contribution < -0.4 is 0 Å². The highest BCUT2D eigenvalue weighted by atomic mass is 35.5. The Hall–Kier alpha value is -4.00. The van der Waals surface area contributed by atoms with Crippen molar-refractivity contribution in [2.75, 3.05) is 0 Å². The van der Waals surface area contributed by atoms with Gasteiger partial charge in [-0.05, 0) is 54.1 Å². The molecule has 37 heavy (non-hydrogen) atoms. The Labute approximate surface area is 221 Å². The van der Waals surface area contributed by atoms with Crippen LogP contribution in [-0.4, -0.2) is 15.5 Å². The van der Waals surface area contributed by atoms with Crippen LogP contribution in [-0.2, 0) is 11.3 Å². The molecule has 1 heterocycles. The lowest BCUT2D eigenvalue weighted by atomic mass is 10.1.